The highest BCUT2D eigenvalue weighted by Crippen LogP contribution is 2.18. The van der Waals surface area contributed by atoms with Crippen molar-refractivity contribution in [1.29, 1.82) is 0 Å². The molecular formula is C14H26O2. The maximum absolute atomic E-state index is 5.72. The minimum atomic E-state index is -0.658. The van der Waals surface area contributed by atoms with E-state index in [4.69, 9.17) is 9.47 Å². The number of rotatable bonds is 9. The number of hydrogen-bond donors (Lipinski definition) is 0. The maximum atomic E-state index is 5.72. The van der Waals surface area contributed by atoms with Crippen molar-refractivity contribution in [2.75, 3.05) is 13.2 Å². The van der Waals surface area contributed by atoms with Crippen LogP contribution >= 0.6 is 0 Å². The Morgan fingerprint density at radius 1 is 0.875 bits per heavy atom. The molecule has 0 heterocycles. The van der Waals surface area contributed by atoms with Crippen molar-refractivity contribution >= 4 is 0 Å². The van der Waals surface area contributed by atoms with Crippen LogP contribution in [-0.4, -0.2) is 19.0 Å². The van der Waals surface area contributed by atoms with Crippen LogP contribution in [0.4, 0.5) is 0 Å². The summed E-state index contributed by atoms with van der Waals surface area (Å²) in [6, 6.07) is 0. The lowest BCUT2D eigenvalue weighted by molar-refractivity contribution is -0.165. The second-order valence-electron chi connectivity index (χ2n) is 3.59. The highest BCUT2D eigenvalue weighted by atomic mass is 16.7. The van der Waals surface area contributed by atoms with Gasteiger partial charge in [-0.25, -0.2) is 0 Å². The molecule has 0 aromatic rings. The number of hydrogen-bond acceptors (Lipinski definition) is 2. The molecule has 0 atom stereocenters. The molecule has 0 aliphatic heterocycles. The predicted molar refractivity (Wildman–Crippen MR) is 69.5 cm³/mol. The molecule has 0 amide bonds. The molecule has 0 unspecified atom stereocenters. The first-order valence-corrected chi connectivity index (χ1v) is 6.37. The third-order valence-corrected chi connectivity index (χ3v) is 2.13. The zero-order valence-corrected chi connectivity index (χ0v) is 11.2. The number of allylic oxidation sites excluding steroid dienone is 2. The Bertz CT molecular complexity index is 201. The SMILES string of the molecule is CCC=CC(C=CCCC)(OCC)OCC. The van der Waals surface area contributed by atoms with Gasteiger partial charge in [0.1, 0.15) is 0 Å². The smallest absolute Gasteiger partial charge is 0.207 e. The molecule has 0 aromatic carbocycles. The lowest BCUT2D eigenvalue weighted by Crippen LogP contribution is -2.31. The quantitative estimate of drug-likeness (QED) is 0.435. The summed E-state index contributed by atoms with van der Waals surface area (Å²) >= 11 is 0. The summed E-state index contributed by atoms with van der Waals surface area (Å²) in [7, 11) is 0. The van der Waals surface area contributed by atoms with E-state index in [0.717, 1.165) is 19.3 Å². The summed E-state index contributed by atoms with van der Waals surface area (Å²) in [6.45, 7) is 9.53. The zero-order chi connectivity index (χ0) is 12.3. The van der Waals surface area contributed by atoms with E-state index in [0.29, 0.717) is 13.2 Å². The van der Waals surface area contributed by atoms with Crippen LogP contribution in [0.2, 0.25) is 0 Å². The Labute approximate surface area is 100 Å². The third-order valence-electron chi connectivity index (χ3n) is 2.13. The normalized spacial score (nSPS) is 13.0. The van der Waals surface area contributed by atoms with Gasteiger partial charge in [-0.15, -0.1) is 0 Å². The summed E-state index contributed by atoms with van der Waals surface area (Å²) in [4.78, 5) is 0. The Kier molecular flexibility index (Phi) is 9.25. The summed E-state index contributed by atoms with van der Waals surface area (Å²) in [5.41, 5.74) is 0. The van der Waals surface area contributed by atoms with Crippen LogP contribution in [0.1, 0.15) is 47.0 Å². The molecule has 0 radical (unpaired) electrons. The number of unbranched alkanes of at least 4 members (excludes halogenated alkanes) is 1. The molecule has 0 aromatic heterocycles. The summed E-state index contributed by atoms with van der Waals surface area (Å²) in [5, 5.41) is 0. The van der Waals surface area contributed by atoms with Gasteiger partial charge in [0.2, 0.25) is 5.79 Å². The Morgan fingerprint density at radius 2 is 1.44 bits per heavy atom. The van der Waals surface area contributed by atoms with Crippen LogP contribution in [0.25, 0.3) is 0 Å². The highest BCUT2D eigenvalue weighted by Gasteiger charge is 2.23. The molecule has 0 aliphatic rings. The molecule has 0 N–H and O–H groups in total. The van der Waals surface area contributed by atoms with Crippen molar-refractivity contribution in [3.05, 3.63) is 24.3 Å². The van der Waals surface area contributed by atoms with Crippen LogP contribution in [0.5, 0.6) is 0 Å². The highest BCUT2D eigenvalue weighted by molar-refractivity contribution is 5.09. The Morgan fingerprint density at radius 3 is 1.88 bits per heavy atom. The van der Waals surface area contributed by atoms with Crippen molar-refractivity contribution < 1.29 is 9.47 Å². The molecule has 0 rings (SSSR count). The van der Waals surface area contributed by atoms with Crippen molar-refractivity contribution in [2.24, 2.45) is 0 Å². The van der Waals surface area contributed by atoms with Crippen molar-refractivity contribution in [3.63, 3.8) is 0 Å². The van der Waals surface area contributed by atoms with E-state index >= 15 is 0 Å². The van der Waals surface area contributed by atoms with Gasteiger partial charge in [-0.1, -0.05) is 32.4 Å². The Balaban J connectivity index is 4.69. The molecule has 2 nitrogen and oxygen atoms in total. The summed E-state index contributed by atoms with van der Waals surface area (Å²) in [5.74, 6) is -0.658. The van der Waals surface area contributed by atoms with Gasteiger partial charge >= 0.3 is 0 Å². The molecule has 2 heteroatoms. The average molecular weight is 226 g/mol. The molecule has 0 saturated heterocycles. The molecule has 16 heavy (non-hydrogen) atoms. The van der Waals surface area contributed by atoms with Gasteiger partial charge in [-0.2, -0.15) is 0 Å². The van der Waals surface area contributed by atoms with E-state index < -0.39 is 5.79 Å². The van der Waals surface area contributed by atoms with Crippen LogP contribution in [0.15, 0.2) is 24.3 Å². The lowest BCUT2D eigenvalue weighted by Gasteiger charge is -2.27. The van der Waals surface area contributed by atoms with E-state index in [9.17, 15) is 0 Å². The van der Waals surface area contributed by atoms with Crippen LogP contribution in [0, 0.1) is 0 Å². The fraction of sp³-hybridized carbons (Fsp3) is 0.714. The fourth-order valence-corrected chi connectivity index (χ4v) is 1.44. The van der Waals surface area contributed by atoms with Crippen LogP contribution in [0.3, 0.4) is 0 Å². The molecule has 0 spiro atoms. The summed E-state index contributed by atoms with van der Waals surface area (Å²) in [6.07, 6.45) is 11.4. The molecule has 0 aliphatic carbocycles. The first-order chi connectivity index (χ1) is 7.74. The van der Waals surface area contributed by atoms with Crippen molar-refractivity contribution in [1.82, 2.24) is 0 Å². The number of ether oxygens (including phenoxy) is 2. The monoisotopic (exact) mass is 226 g/mol. The van der Waals surface area contributed by atoms with Crippen LogP contribution in [-0.2, 0) is 9.47 Å². The molecule has 94 valence electrons. The average Bonchev–Trinajstić information content (AvgIpc) is 2.27. The van der Waals surface area contributed by atoms with E-state index in [2.05, 4.69) is 26.0 Å². The lowest BCUT2D eigenvalue weighted by atomic mass is 10.2. The van der Waals surface area contributed by atoms with Crippen molar-refractivity contribution in [3.8, 4) is 0 Å². The molecule has 0 bridgehead atoms. The van der Waals surface area contributed by atoms with Gasteiger partial charge in [0.15, 0.2) is 0 Å². The first kappa shape index (κ1) is 15.4. The largest absolute Gasteiger partial charge is 0.343 e. The van der Waals surface area contributed by atoms with Crippen LogP contribution < -0.4 is 0 Å². The summed E-state index contributed by atoms with van der Waals surface area (Å²) < 4.78 is 11.4. The standard InChI is InChI=1S/C14H26O2/c1-5-9-11-13-14(15-7-3,16-8-4)12-10-6-2/h10-13H,5-9H2,1-4H3. The van der Waals surface area contributed by atoms with Gasteiger partial charge in [0.05, 0.1) is 0 Å². The molecule has 0 fully saturated rings. The predicted octanol–water partition coefficient (Wildman–Crippen LogP) is 4.08. The van der Waals surface area contributed by atoms with Gasteiger partial charge in [-0.05, 0) is 38.8 Å². The van der Waals surface area contributed by atoms with Gasteiger partial charge in [-0.3, -0.25) is 0 Å². The van der Waals surface area contributed by atoms with E-state index in [-0.39, 0.29) is 0 Å². The van der Waals surface area contributed by atoms with E-state index in [1.807, 2.05) is 26.0 Å². The molecule has 0 saturated carbocycles. The van der Waals surface area contributed by atoms with Crippen molar-refractivity contribution in [2.45, 2.75) is 52.7 Å². The second kappa shape index (κ2) is 9.61. The van der Waals surface area contributed by atoms with Gasteiger partial charge in [0.25, 0.3) is 0 Å². The van der Waals surface area contributed by atoms with Gasteiger partial charge < -0.3 is 9.47 Å². The van der Waals surface area contributed by atoms with Gasteiger partial charge in [0, 0.05) is 13.2 Å². The minimum absolute atomic E-state index is 0.643. The minimum Gasteiger partial charge on any atom is -0.343 e. The topological polar surface area (TPSA) is 18.5 Å². The second-order valence-corrected chi connectivity index (χ2v) is 3.59. The third kappa shape index (κ3) is 6.09. The van der Waals surface area contributed by atoms with E-state index in [1.54, 1.807) is 0 Å². The zero-order valence-electron chi connectivity index (χ0n) is 11.2. The maximum Gasteiger partial charge on any atom is 0.207 e. The molecular weight excluding hydrogens is 200 g/mol. The fourth-order valence-electron chi connectivity index (χ4n) is 1.44. The Hall–Kier alpha value is -0.600. The van der Waals surface area contributed by atoms with E-state index in [1.165, 1.54) is 0 Å². The first-order valence-electron chi connectivity index (χ1n) is 6.37.